The van der Waals surface area contributed by atoms with Crippen molar-refractivity contribution in [3.05, 3.63) is 101 Å². The molecule has 34 heavy (non-hydrogen) atoms. The van der Waals surface area contributed by atoms with Crippen LogP contribution in [-0.4, -0.2) is 30.6 Å². The molecule has 0 aromatic heterocycles. The lowest BCUT2D eigenvalue weighted by molar-refractivity contribution is -0.197. The second kappa shape index (κ2) is 8.77. The molecule has 4 rings (SSSR count). The highest BCUT2D eigenvalue weighted by Gasteiger charge is 2.84. The minimum atomic E-state index is -4.65. The Morgan fingerprint density at radius 1 is 0.853 bits per heavy atom. The first-order valence-corrected chi connectivity index (χ1v) is 10.6. The maximum atomic E-state index is 16.8. The number of carbonyl (C=O) groups is 2. The summed E-state index contributed by atoms with van der Waals surface area (Å²) in [6.07, 6.45) is 0. The zero-order chi connectivity index (χ0) is 24.6. The van der Waals surface area contributed by atoms with E-state index in [1.165, 1.54) is 72.8 Å². The summed E-state index contributed by atoms with van der Waals surface area (Å²) < 4.78 is 59.2. The minimum absolute atomic E-state index is 0.0432. The number of methoxy groups -OCH3 is 1. The topological polar surface area (TPSA) is 64.6 Å². The van der Waals surface area contributed by atoms with Crippen LogP contribution in [0.25, 0.3) is 0 Å². The predicted molar refractivity (Wildman–Crippen MR) is 118 cm³/mol. The van der Waals surface area contributed by atoms with Gasteiger partial charge in [0.05, 0.1) is 13.2 Å². The van der Waals surface area contributed by atoms with Crippen molar-refractivity contribution < 1.29 is 32.2 Å². The maximum absolute atomic E-state index is 16.8. The van der Waals surface area contributed by atoms with Gasteiger partial charge >= 0.3 is 17.9 Å². The van der Waals surface area contributed by atoms with Crippen LogP contribution in [0, 0.1) is 0 Å². The van der Waals surface area contributed by atoms with Crippen LogP contribution in [0.3, 0.4) is 0 Å². The Labute approximate surface area is 198 Å². The number of halogens is 4. The number of carbonyl (C=O) groups excluding carboxylic acids is 2. The van der Waals surface area contributed by atoms with Crippen molar-refractivity contribution >= 4 is 23.5 Å². The predicted octanol–water partition coefficient (Wildman–Crippen LogP) is 5.00. The largest absolute Gasteiger partial charge is 0.467 e. The highest BCUT2D eigenvalue weighted by atomic mass is 35.5. The maximum Gasteiger partial charge on any atom is 0.357 e. The average molecular weight is 490 g/mol. The van der Waals surface area contributed by atoms with Gasteiger partial charge in [-0.1, -0.05) is 72.3 Å². The number of esters is 2. The van der Waals surface area contributed by atoms with Gasteiger partial charge in [-0.25, -0.2) is 14.0 Å². The van der Waals surface area contributed by atoms with E-state index in [-0.39, 0.29) is 21.9 Å². The lowest BCUT2D eigenvalue weighted by Crippen LogP contribution is -2.62. The van der Waals surface area contributed by atoms with E-state index in [1.54, 1.807) is 12.1 Å². The summed E-state index contributed by atoms with van der Waals surface area (Å²) in [5.41, 5.74) is -7.37. The van der Waals surface area contributed by atoms with Crippen LogP contribution in [0.2, 0.25) is 5.02 Å². The highest BCUT2D eigenvalue weighted by Crippen LogP contribution is 2.59. The molecule has 1 saturated heterocycles. The second-order valence-corrected chi connectivity index (χ2v) is 8.16. The molecule has 0 spiro atoms. The minimum Gasteiger partial charge on any atom is -0.467 e. The van der Waals surface area contributed by atoms with Gasteiger partial charge < -0.3 is 9.47 Å². The number of para-hydroxylation sites is 1. The third-order valence-electron chi connectivity index (χ3n) is 5.84. The summed E-state index contributed by atoms with van der Waals surface area (Å²) in [5.74, 6) is -8.11. The molecule has 0 saturated carbocycles. The summed E-state index contributed by atoms with van der Waals surface area (Å²) in [4.78, 5) is 26.1. The van der Waals surface area contributed by atoms with Crippen molar-refractivity contribution in [1.29, 1.82) is 0 Å². The smallest absolute Gasteiger partial charge is 0.357 e. The van der Waals surface area contributed by atoms with E-state index in [4.69, 9.17) is 21.1 Å². The third kappa shape index (κ3) is 3.45. The van der Waals surface area contributed by atoms with Crippen molar-refractivity contribution in [3.63, 3.8) is 0 Å². The number of rotatable bonds is 5. The van der Waals surface area contributed by atoms with Crippen LogP contribution < -0.4 is 10.1 Å². The summed E-state index contributed by atoms with van der Waals surface area (Å²) in [6.45, 7) is 0. The van der Waals surface area contributed by atoms with Crippen molar-refractivity contribution in [2.45, 2.75) is 23.2 Å². The van der Waals surface area contributed by atoms with E-state index in [9.17, 15) is 9.59 Å². The zero-order valence-electron chi connectivity index (χ0n) is 17.8. The number of benzene rings is 3. The Balaban J connectivity index is 1.94. The SMILES string of the molecule is COC(=O)[C@@]1(c2ccccc2)N[C@@H](c2ccc(Cl)cc2)[C@@](F)(C(=O)Oc2ccccc2)C1(F)F. The molecule has 1 fully saturated rings. The first-order chi connectivity index (χ1) is 16.2. The van der Waals surface area contributed by atoms with Crippen molar-refractivity contribution in [3.8, 4) is 5.75 Å². The molecule has 1 aliphatic heterocycles. The molecule has 176 valence electrons. The molecule has 0 bridgehead atoms. The molecule has 3 aromatic rings. The van der Waals surface area contributed by atoms with Crippen LogP contribution in [0.1, 0.15) is 17.2 Å². The van der Waals surface area contributed by atoms with E-state index in [0.717, 1.165) is 7.11 Å². The van der Waals surface area contributed by atoms with E-state index in [1.807, 2.05) is 0 Å². The van der Waals surface area contributed by atoms with Gasteiger partial charge in [0, 0.05) is 5.02 Å². The second-order valence-electron chi connectivity index (χ2n) is 7.73. The van der Waals surface area contributed by atoms with Gasteiger partial charge in [-0.15, -0.1) is 0 Å². The fourth-order valence-corrected chi connectivity index (χ4v) is 4.28. The molecule has 1 heterocycles. The van der Waals surface area contributed by atoms with Crippen molar-refractivity contribution in [2.75, 3.05) is 7.11 Å². The fraction of sp³-hybridized carbons (Fsp3) is 0.200. The quantitative estimate of drug-likeness (QED) is 0.403. The van der Waals surface area contributed by atoms with Gasteiger partial charge in [-0.2, -0.15) is 8.78 Å². The molecular formula is C25H19ClF3NO4. The lowest BCUT2D eigenvalue weighted by atomic mass is 9.78. The summed E-state index contributed by atoms with van der Waals surface area (Å²) in [6, 6.07) is 17.4. The van der Waals surface area contributed by atoms with Crippen LogP contribution >= 0.6 is 11.6 Å². The normalized spacial score (nSPS) is 25.5. The van der Waals surface area contributed by atoms with Gasteiger partial charge in [0.25, 0.3) is 5.67 Å². The fourth-order valence-electron chi connectivity index (χ4n) is 4.16. The standard InChI is InChI=1S/C25H19ClF3NO4/c1-33-22(32)24(17-8-4-2-5-9-17)25(28,29)23(27,21(31)34-19-10-6-3-7-11-19)20(30-24)16-12-14-18(26)15-13-16/h2-15,20,30H,1H3/t20-,23+,24+/m0/s1. The zero-order valence-corrected chi connectivity index (χ0v) is 18.6. The Morgan fingerprint density at radius 2 is 1.41 bits per heavy atom. The Hall–Kier alpha value is -3.36. The highest BCUT2D eigenvalue weighted by molar-refractivity contribution is 6.30. The molecule has 3 aromatic carbocycles. The van der Waals surface area contributed by atoms with Gasteiger partial charge in [-0.3, -0.25) is 5.32 Å². The molecule has 0 radical (unpaired) electrons. The van der Waals surface area contributed by atoms with Crippen LogP contribution in [0.5, 0.6) is 5.75 Å². The van der Waals surface area contributed by atoms with Gasteiger partial charge in [0.2, 0.25) is 5.54 Å². The van der Waals surface area contributed by atoms with Crippen LogP contribution in [-0.2, 0) is 19.9 Å². The first kappa shape index (κ1) is 23.8. The molecule has 1 N–H and O–H groups in total. The average Bonchev–Trinajstić information content (AvgIpc) is 3.04. The molecule has 0 amide bonds. The van der Waals surface area contributed by atoms with Gasteiger partial charge in [-0.05, 0) is 35.4 Å². The number of hydrogen-bond acceptors (Lipinski definition) is 5. The molecular weight excluding hydrogens is 471 g/mol. The van der Waals surface area contributed by atoms with E-state index in [0.29, 0.717) is 0 Å². The van der Waals surface area contributed by atoms with E-state index in [2.05, 4.69) is 5.32 Å². The third-order valence-corrected chi connectivity index (χ3v) is 6.09. The van der Waals surface area contributed by atoms with E-state index < -0.39 is 35.1 Å². The lowest BCUT2D eigenvalue weighted by Gasteiger charge is -2.35. The van der Waals surface area contributed by atoms with Crippen LogP contribution in [0.15, 0.2) is 84.9 Å². The number of ether oxygens (including phenoxy) is 2. The first-order valence-electron chi connectivity index (χ1n) is 10.2. The summed E-state index contributed by atoms with van der Waals surface area (Å²) in [5, 5.41) is 2.68. The molecule has 1 aliphatic rings. The van der Waals surface area contributed by atoms with Crippen molar-refractivity contribution in [1.82, 2.24) is 5.32 Å². The number of nitrogens with one attached hydrogen (secondary N) is 1. The van der Waals surface area contributed by atoms with Crippen LogP contribution in [0.4, 0.5) is 13.2 Å². The number of alkyl halides is 3. The summed E-state index contributed by atoms with van der Waals surface area (Å²) >= 11 is 5.91. The molecule has 5 nitrogen and oxygen atoms in total. The Kier molecular flexibility index (Phi) is 6.14. The number of hydrogen-bond donors (Lipinski definition) is 1. The summed E-state index contributed by atoms with van der Waals surface area (Å²) in [7, 11) is 0.905. The molecule has 3 atom stereocenters. The molecule has 0 unspecified atom stereocenters. The Morgan fingerprint density at radius 3 is 1.97 bits per heavy atom. The molecule has 9 heteroatoms. The Bertz CT molecular complexity index is 1190. The monoisotopic (exact) mass is 489 g/mol. The van der Waals surface area contributed by atoms with Gasteiger partial charge in [0.1, 0.15) is 5.75 Å². The van der Waals surface area contributed by atoms with Crippen molar-refractivity contribution in [2.24, 2.45) is 0 Å². The molecule has 0 aliphatic carbocycles. The van der Waals surface area contributed by atoms with Gasteiger partial charge in [0.15, 0.2) is 0 Å². The van der Waals surface area contributed by atoms with E-state index >= 15 is 13.2 Å².